The van der Waals surface area contributed by atoms with Gasteiger partial charge in [0, 0.05) is 3.57 Å². The summed E-state index contributed by atoms with van der Waals surface area (Å²) >= 11 is 2.40. The fourth-order valence-electron chi connectivity index (χ4n) is 8.46. The van der Waals surface area contributed by atoms with E-state index in [4.69, 9.17) is 0 Å². The number of hydrogen-bond acceptors (Lipinski definition) is 0. The molecule has 0 atom stereocenters. The molecular weight excluding hydrogens is 631 g/mol. The summed E-state index contributed by atoms with van der Waals surface area (Å²) in [5, 5.41) is 24.6. The molecule has 0 N–H and O–H groups in total. The van der Waals surface area contributed by atoms with E-state index < -0.39 is 0 Å². The third-order valence-electron chi connectivity index (χ3n) is 10.1. The molecule has 0 fully saturated rings. The second kappa shape index (κ2) is 7.80. The fourth-order valence-corrected chi connectivity index (χ4v) is 8.82. The lowest BCUT2D eigenvalue weighted by Crippen LogP contribution is -1.95. The Morgan fingerprint density at radius 3 is 1.33 bits per heavy atom. The molecule has 43 heavy (non-hydrogen) atoms. The van der Waals surface area contributed by atoms with E-state index in [1.54, 1.807) is 0 Å². The molecule has 0 aliphatic rings. The van der Waals surface area contributed by atoms with Gasteiger partial charge in [0.15, 0.2) is 0 Å². The van der Waals surface area contributed by atoms with Gasteiger partial charge in [-0.2, -0.15) is 0 Å². The van der Waals surface area contributed by atoms with Crippen LogP contribution in [0.1, 0.15) is 0 Å². The molecule has 0 amide bonds. The van der Waals surface area contributed by atoms with Crippen LogP contribution in [0.5, 0.6) is 0 Å². The van der Waals surface area contributed by atoms with E-state index in [2.05, 4.69) is 150 Å². The average Bonchev–Trinajstić information content (AvgIpc) is 3.07. The van der Waals surface area contributed by atoms with E-state index in [0.717, 1.165) is 0 Å². The summed E-state index contributed by atoms with van der Waals surface area (Å²) in [6.45, 7) is 0. The van der Waals surface area contributed by atoms with Crippen molar-refractivity contribution in [3.63, 3.8) is 0 Å². The van der Waals surface area contributed by atoms with Gasteiger partial charge in [0.1, 0.15) is 0 Å². The number of rotatable bonds is 1. The Hall–Kier alpha value is -4.73. The van der Waals surface area contributed by atoms with Crippen LogP contribution in [-0.2, 0) is 0 Å². The largest absolute Gasteiger partial charge is 0.0616 e. The van der Waals surface area contributed by atoms with Crippen LogP contribution in [0.25, 0.3) is 108 Å². The first-order chi connectivity index (χ1) is 21.3. The van der Waals surface area contributed by atoms with E-state index in [9.17, 15) is 0 Å². The third kappa shape index (κ3) is 2.69. The Balaban J connectivity index is 1.50. The van der Waals surface area contributed by atoms with E-state index in [1.165, 1.54) is 112 Å². The molecular formula is C42H21I. The van der Waals surface area contributed by atoms with Gasteiger partial charge >= 0.3 is 0 Å². The van der Waals surface area contributed by atoms with Gasteiger partial charge in [-0.1, -0.05) is 109 Å². The zero-order chi connectivity index (χ0) is 28.0. The van der Waals surface area contributed by atoms with Gasteiger partial charge in [0.2, 0.25) is 0 Å². The van der Waals surface area contributed by atoms with Crippen molar-refractivity contribution in [2.45, 2.75) is 0 Å². The molecule has 11 aromatic rings. The van der Waals surface area contributed by atoms with Crippen molar-refractivity contribution < 1.29 is 0 Å². The molecule has 0 saturated carbocycles. The summed E-state index contributed by atoms with van der Waals surface area (Å²) in [6.07, 6.45) is 0. The Morgan fingerprint density at radius 1 is 0.302 bits per heavy atom. The molecule has 0 radical (unpaired) electrons. The first kappa shape index (κ1) is 22.8. The Labute approximate surface area is 260 Å². The quantitative estimate of drug-likeness (QED) is 0.0941. The fraction of sp³-hybridized carbons (Fsp3) is 0. The molecule has 0 aliphatic carbocycles. The van der Waals surface area contributed by atoms with Gasteiger partial charge < -0.3 is 0 Å². The molecule has 11 aromatic carbocycles. The number of benzene rings is 11. The van der Waals surface area contributed by atoms with E-state index in [1.807, 2.05) is 0 Å². The maximum Gasteiger partial charge on any atom is 0.0130 e. The molecule has 196 valence electrons. The molecule has 1 heteroatoms. The lowest BCUT2D eigenvalue weighted by molar-refractivity contribution is 1.63. The predicted molar refractivity (Wildman–Crippen MR) is 196 cm³/mol. The molecule has 0 nitrogen and oxygen atoms in total. The monoisotopic (exact) mass is 652 g/mol. The number of halogens is 1. The lowest BCUT2D eigenvalue weighted by atomic mass is 9.78. The Kier molecular flexibility index (Phi) is 4.14. The molecule has 0 unspecified atom stereocenters. The first-order valence-corrected chi connectivity index (χ1v) is 16.0. The van der Waals surface area contributed by atoms with E-state index in [-0.39, 0.29) is 0 Å². The van der Waals surface area contributed by atoms with Crippen molar-refractivity contribution in [3.05, 3.63) is 131 Å². The van der Waals surface area contributed by atoms with Gasteiger partial charge in [0.05, 0.1) is 0 Å². The van der Waals surface area contributed by atoms with E-state index >= 15 is 0 Å². The van der Waals surface area contributed by atoms with Crippen LogP contribution < -0.4 is 0 Å². The zero-order valence-corrected chi connectivity index (χ0v) is 25.2. The van der Waals surface area contributed by atoms with Gasteiger partial charge in [-0.3, -0.25) is 0 Å². The Bertz CT molecular complexity index is 2930. The molecule has 0 aromatic heterocycles. The molecule has 0 spiro atoms. The molecule has 0 saturated heterocycles. The SMILES string of the molecule is Ic1ccc(-c2cc3c4ccc5ccc6c7ccccc7c7ccc8ccc(c3c3ccccc23)c2c8c7c6c5c42)cc1. The van der Waals surface area contributed by atoms with Gasteiger partial charge in [-0.15, -0.1) is 0 Å². The van der Waals surface area contributed by atoms with Gasteiger partial charge in [-0.25, -0.2) is 0 Å². The maximum atomic E-state index is 2.47. The summed E-state index contributed by atoms with van der Waals surface area (Å²) in [7, 11) is 0. The first-order valence-electron chi connectivity index (χ1n) is 14.9. The molecule has 11 rings (SSSR count). The van der Waals surface area contributed by atoms with Crippen molar-refractivity contribution in [1.29, 1.82) is 0 Å². The van der Waals surface area contributed by atoms with Crippen LogP contribution in [0.4, 0.5) is 0 Å². The molecule has 0 heterocycles. The highest BCUT2D eigenvalue weighted by atomic mass is 127. The Morgan fingerprint density at radius 2 is 0.744 bits per heavy atom. The van der Waals surface area contributed by atoms with Crippen LogP contribution in [0.2, 0.25) is 0 Å². The van der Waals surface area contributed by atoms with Crippen molar-refractivity contribution >= 4 is 120 Å². The maximum absolute atomic E-state index is 2.47. The van der Waals surface area contributed by atoms with Crippen LogP contribution in [-0.4, -0.2) is 0 Å². The van der Waals surface area contributed by atoms with Crippen molar-refractivity contribution in [2.24, 2.45) is 0 Å². The topological polar surface area (TPSA) is 0 Å². The normalized spacial score (nSPS) is 12.8. The minimum absolute atomic E-state index is 1.25. The van der Waals surface area contributed by atoms with Crippen LogP contribution in [0.3, 0.4) is 0 Å². The number of hydrogen-bond donors (Lipinski definition) is 0. The third-order valence-corrected chi connectivity index (χ3v) is 10.9. The molecule has 0 aliphatic heterocycles. The smallest absolute Gasteiger partial charge is 0.0130 e. The second-order valence-corrected chi connectivity index (χ2v) is 13.3. The van der Waals surface area contributed by atoms with Gasteiger partial charge in [0.25, 0.3) is 0 Å². The summed E-state index contributed by atoms with van der Waals surface area (Å²) in [5.74, 6) is 0. The number of fused-ring (bicyclic) bond motifs is 8. The standard InChI is InChI=1S/C42H21I/c43-25-15-9-22(10-16-25)34-21-35-32-19-13-23-11-17-30-26-5-1-2-6-27(26)31-18-12-24-14-20-33(38(35)29-8-4-3-7-28(29)34)42-37(24)40(31)39(30)36(23)41(32)42/h1-21H. The second-order valence-electron chi connectivity index (χ2n) is 12.1. The average molecular weight is 653 g/mol. The van der Waals surface area contributed by atoms with Gasteiger partial charge in [-0.05, 0) is 149 Å². The minimum Gasteiger partial charge on any atom is -0.0616 e. The van der Waals surface area contributed by atoms with E-state index in [0.29, 0.717) is 0 Å². The summed E-state index contributed by atoms with van der Waals surface area (Å²) in [6, 6.07) is 48.3. The van der Waals surface area contributed by atoms with Crippen LogP contribution in [0, 0.1) is 3.57 Å². The highest BCUT2D eigenvalue weighted by Gasteiger charge is 2.24. The summed E-state index contributed by atoms with van der Waals surface area (Å²) in [5.41, 5.74) is 2.56. The van der Waals surface area contributed by atoms with Crippen molar-refractivity contribution in [1.82, 2.24) is 0 Å². The predicted octanol–water partition coefficient (Wildman–Crippen LogP) is 12.7. The minimum atomic E-state index is 1.25. The van der Waals surface area contributed by atoms with Crippen molar-refractivity contribution in [2.75, 3.05) is 0 Å². The highest BCUT2D eigenvalue weighted by molar-refractivity contribution is 14.1. The summed E-state index contributed by atoms with van der Waals surface area (Å²) in [4.78, 5) is 0. The van der Waals surface area contributed by atoms with Crippen LogP contribution >= 0.6 is 22.6 Å². The zero-order valence-electron chi connectivity index (χ0n) is 23.0. The van der Waals surface area contributed by atoms with Crippen molar-refractivity contribution in [3.8, 4) is 11.1 Å². The summed E-state index contributed by atoms with van der Waals surface area (Å²) < 4.78 is 1.25. The highest BCUT2D eigenvalue weighted by Crippen LogP contribution is 2.53. The lowest BCUT2D eigenvalue weighted by Gasteiger charge is -2.24. The molecule has 0 bridgehead atoms. The van der Waals surface area contributed by atoms with Crippen LogP contribution in [0.15, 0.2) is 127 Å².